The van der Waals surface area contributed by atoms with Gasteiger partial charge in [-0.25, -0.2) is 4.79 Å². The molecule has 3 atom stereocenters. The molecule has 3 unspecified atom stereocenters. The van der Waals surface area contributed by atoms with Gasteiger partial charge in [-0.2, -0.15) is 0 Å². The van der Waals surface area contributed by atoms with E-state index in [1.54, 1.807) is 25.3 Å². The molecule has 3 aromatic rings. The van der Waals surface area contributed by atoms with Crippen LogP contribution in [-0.2, 0) is 9.53 Å². The van der Waals surface area contributed by atoms with Crippen molar-refractivity contribution in [2.24, 2.45) is 5.73 Å². The van der Waals surface area contributed by atoms with Gasteiger partial charge in [0.25, 0.3) is 0 Å². The van der Waals surface area contributed by atoms with Crippen molar-refractivity contribution < 1.29 is 23.8 Å². The molecule has 200 valence electrons. The number of amidine groups is 1. The van der Waals surface area contributed by atoms with Gasteiger partial charge in [0.05, 0.1) is 18.6 Å². The van der Waals surface area contributed by atoms with Crippen LogP contribution in [0.15, 0.2) is 54.6 Å². The smallest absolute Gasteiger partial charge is 0.338 e. The number of hydrogen-bond donors (Lipinski definition) is 3. The number of carbonyl (C=O) groups is 2. The number of carbonyl (C=O) groups excluding carboxylic acids is 2. The number of fused-ring (bicyclic) bond motifs is 2. The van der Waals surface area contributed by atoms with E-state index in [1.807, 2.05) is 64.1 Å². The van der Waals surface area contributed by atoms with E-state index in [4.69, 9.17) is 25.4 Å². The number of rotatable bonds is 8. The molecular formula is C30H35N3O5. The highest BCUT2D eigenvalue weighted by molar-refractivity contribution is 5.93. The molecule has 8 nitrogen and oxygen atoms in total. The maximum atomic E-state index is 13.1. The maximum absolute atomic E-state index is 13.1. The van der Waals surface area contributed by atoms with Crippen molar-refractivity contribution in [3.8, 4) is 11.5 Å². The molecule has 0 saturated carbocycles. The number of amides is 1. The van der Waals surface area contributed by atoms with Crippen LogP contribution < -0.4 is 20.5 Å². The molecule has 0 aromatic heterocycles. The molecule has 0 radical (unpaired) electrons. The van der Waals surface area contributed by atoms with Gasteiger partial charge in [-0.15, -0.1) is 0 Å². The number of esters is 1. The Morgan fingerprint density at radius 2 is 1.89 bits per heavy atom. The Bertz CT molecular complexity index is 1380. The molecule has 8 heteroatoms. The van der Waals surface area contributed by atoms with Crippen molar-refractivity contribution in [1.82, 2.24) is 5.32 Å². The fourth-order valence-electron chi connectivity index (χ4n) is 4.82. The molecule has 38 heavy (non-hydrogen) atoms. The van der Waals surface area contributed by atoms with Gasteiger partial charge in [0.2, 0.25) is 5.91 Å². The van der Waals surface area contributed by atoms with Crippen molar-refractivity contribution in [2.45, 2.75) is 57.7 Å². The highest BCUT2D eigenvalue weighted by atomic mass is 16.6. The molecule has 0 bridgehead atoms. The van der Waals surface area contributed by atoms with Gasteiger partial charge in [-0.1, -0.05) is 24.3 Å². The monoisotopic (exact) mass is 517 g/mol. The lowest BCUT2D eigenvalue weighted by molar-refractivity contribution is -0.122. The van der Waals surface area contributed by atoms with Crippen molar-refractivity contribution in [1.29, 1.82) is 5.41 Å². The summed E-state index contributed by atoms with van der Waals surface area (Å²) in [5, 5.41) is 13.1. The van der Waals surface area contributed by atoms with Crippen LogP contribution in [-0.4, -0.2) is 43.1 Å². The van der Waals surface area contributed by atoms with Gasteiger partial charge in [0.15, 0.2) is 6.10 Å². The van der Waals surface area contributed by atoms with Crippen LogP contribution >= 0.6 is 0 Å². The van der Waals surface area contributed by atoms with E-state index in [0.717, 1.165) is 27.6 Å². The van der Waals surface area contributed by atoms with Crippen molar-refractivity contribution in [3.05, 3.63) is 71.3 Å². The van der Waals surface area contributed by atoms with Crippen LogP contribution in [0.25, 0.3) is 10.8 Å². The van der Waals surface area contributed by atoms with Gasteiger partial charge in [-0.05, 0) is 80.8 Å². The first-order chi connectivity index (χ1) is 18.0. The average Bonchev–Trinajstić information content (AvgIpc) is 3.24. The molecular weight excluding hydrogens is 482 g/mol. The minimum atomic E-state index is -0.666. The molecule has 1 heterocycles. The predicted molar refractivity (Wildman–Crippen MR) is 147 cm³/mol. The summed E-state index contributed by atoms with van der Waals surface area (Å²) in [6, 6.07) is 16.8. The van der Waals surface area contributed by atoms with Gasteiger partial charge in [0.1, 0.15) is 22.9 Å². The zero-order chi connectivity index (χ0) is 27.6. The van der Waals surface area contributed by atoms with E-state index in [9.17, 15) is 9.59 Å². The molecule has 0 aliphatic carbocycles. The molecule has 4 rings (SSSR count). The molecule has 0 saturated heterocycles. The van der Waals surface area contributed by atoms with E-state index in [0.29, 0.717) is 24.3 Å². The highest BCUT2D eigenvalue weighted by Gasteiger charge is 2.37. The molecule has 0 spiro atoms. The molecule has 1 amide bonds. The number of nitrogens with one attached hydrogen (secondary N) is 2. The summed E-state index contributed by atoms with van der Waals surface area (Å²) in [7, 11) is 1.63. The first kappa shape index (κ1) is 27.0. The SMILES string of the molecule is COc1ccc2c(C(C)C(=O)NCCC3c4cc(C(=O)OC(C)(C)C)ccc4OC3C(=N)N)cccc2c1. The first-order valence-corrected chi connectivity index (χ1v) is 12.7. The van der Waals surface area contributed by atoms with Gasteiger partial charge >= 0.3 is 5.97 Å². The van der Waals surface area contributed by atoms with Crippen molar-refractivity contribution in [3.63, 3.8) is 0 Å². The number of hydrogen-bond acceptors (Lipinski definition) is 6. The van der Waals surface area contributed by atoms with Crippen molar-refractivity contribution in [2.75, 3.05) is 13.7 Å². The summed E-state index contributed by atoms with van der Waals surface area (Å²) in [6.07, 6.45) is -0.179. The van der Waals surface area contributed by atoms with Gasteiger partial charge < -0.3 is 25.3 Å². The third kappa shape index (κ3) is 5.74. The first-order valence-electron chi connectivity index (χ1n) is 12.7. The summed E-state index contributed by atoms with van der Waals surface area (Å²) in [5.74, 6) is 0.0477. The van der Waals surface area contributed by atoms with Gasteiger partial charge in [0, 0.05) is 18.0 Å². The van der Waals surface area contributed by atoms with E-state index in [1.165, 1.54) is 0 Å². The third-order valence-electron chi connectivity index (χ3n) is 6.71. The van der Waals surface area contributed by atoms with Crippen LogP contribution in [0.2, 0.25) is 0 Å². The molecule has 1 aliphatic rings. The summed E-state index contributed by atoms with van der Waals surface area (Å²) in [6.45, 7) is 7.68. The highest BCUT2D eigenvalue weighted by Crippen LogP contribution is 2.41. The zero-order valence-corrected chi connectivity index (χ0v) is 22.5. The standard InChI is InChI=1S/C30H35N3O5/c1-17(21-8-6-7-18-15-20(36-5)10-11-22(18)21)28(34)33-14-13-23-24-16-19(29(35)38-30(2,3)4)9-12-25(24)37-26(23)27(31)32/h6-12,15-17,23,26H,13-14H2,1-5H3,(H3,31,32)(H,33,34). The van der Waals surface area contributed by atoms with E-state index >= 15 is 0 Å². The normalized spacial score (nSPS) is 17.3. The van der Waals surface area contributed by atoms with Crippen LogP contribution in [0.4, 0.5) is 0 Å². The van der Waals surface area contributed by atoms with Crippen LogP contribution in [0.3, 0.4) is 0 Å². The summed E-state index contributed by atoms with van der Waals surface area (Å²) in [4.78, 5) is 25.8. The minimum absolute atomic E-state index is 0.101. The van der Waals surface area contributed by atoms with Gasteiger partial charge in [-0.3, -0.25) is 10.2 Å². The third-order valence-corrected chi connectivity index (χ3v) is 6.71. The fourth-order valence-corrected chi connectivity index (χ4v) is 4.82. The van der Waals surface area contributed by atoms with Crippen LogP contribution in [0.1, 0.15) is 67.4 Å². The summed E-state index contributed by atoms with van der Waals surface area (Å²) < 4.78 is 16.8. The minimum Gasteiger partial charge on any atom is -0.497 e. The molecule has 3 aromatic carbocycles. The Morgan fingerprint density at radius 1 is 1.13 bits per heavy atom. The van der Waals surface area contributed by atoms with Crippen molar-refractivity contribution >= 4 is 28.5 Å². The lowest BCUT2D eigenvalue weighted by Gasteiger charge is -2.20. The van der Waals surface area contributed by atoms with E-state index in [2.05, 4.69) is 5.32 Å². The Labute approximate surface area is 223 Å². The Morgan fingerprint density at radius 3 is 2.58 bits per heavy atom. The molecule has 4 N–H and O–H groups in total. The number of benzene rings is 3. The topological polar surface area (TPSA) is 124 Å². The number of methoxy groups -OCH3 is 1. The van der Waals surface area contributed by atoms with E-state index < -0.39 is 17.7 Å². The summed E-state index contributed by atoms with van der Waals surface area (Å²) >= 11 is 0. The quantitative estimate of drug-likeness (QED) is 0.222. The van der Waals surface area contributed by atoms with Crippen LogP contribution in [0.5, 0.6) is 11.5 Å². The Kier molecular flexibility index (Phi) is 7.62. The fraction of sp³-hybridized carbons (Fsp3) is 0.367. The summed E-state index contributed by atoms with van der Waals surface area (Å²) in [5.41, 5.74) is 7.34. The zero-order valence-electron chi connectivity index (χ0n) is 22.5. The average molecular weight is 518 g/mol. The lowest BCUT2D eigenvalue weighted by atomic mass is 9.90. The van der Waals surface area contributed by atoms with E-state index in [-0.39, 0.29) is 23.6 Å². The number of ether oxygens (including phenoxy) is 3. The Balaban J connectivity index is 1.47. The molecule has 1 aliphatic heterocycles. The maximum Gasteiger partial charge on any atom is 0.338 e. The second-order valence-corrected chi connectivity index (χ2v) is 10.6. The predicted octanol–water partition coefficient (Wildman–Crippen LogP) is 4.89. The number of nitrogens with two attached hydrogens (primary N) is 1. The lowest BCUT2D eigenvalue weighted by Crippen LogP contribution is -2.37. The molecule has 0 fully saturated rings. The largest absolute Gasteiger partial charge is 0.497 e. The Hall–Kier alpha value is -4.07. The second kappa shape index (κ2) is 10.7. The second-order valence-electron chi connectivity index (χ2n) is 10.6. The van der Waals surface area contributed by atoms with Crippen LogP contribution in [0, 0.1) is 5.41 Å².